The Hall–Kier alpha value is -1.63. The number of carbonyl (C=O) groups is 1. The first-order chi connectivity index (χ1) is 14.7. The fourth-order valence-corrected chi connectivity index (χ4v) is 5.40. The SMILES string of the molecule is COc1ccccc1C1(C(=O)NC2CCN(CCN3CCOCC3)C2)CCCCC1. The van der Waals surface area contributed by atoms with E-state index in [1.807, 2.05) is 18.2 Å². The number of nitrogens with zero attached hydrogens (tertiary/aromatic N) is 2. The van der Waals surface area contributed by atoms with Gasteiger partial charge >= 0.3 is 0 Å². The van der Waals surface area contributed by atoms with Gasteiger partial charge in [0.25, 0.3) is 0 Å². The Morgan fingerprint density at radius 2 is 1.83 bits per heavy atom. The standard InChI is InChI=1S/C24H37N3O3/c1-29-22-8-4-3-7-21(22)24(10-5-2-6-11-24)23(28)25-20-9-12-27(19-20)14-13-26-15-17-30-18-16-26/h3-4,7-8,20H,2,5-6,9-19H2,1H3,(H,25,28). The van der Waals surface area contributed by atoms with Gasteiger partial charge in [-0.3, -0.25) is 14.6 Å². The second-order valence-electron chi connectivity index (χ2n) is 9.06. The zero-order valence-electron chi connectivity index (χ0n) is 18.4. The first kappa shape index (κ1) is 21.6. The predicted octanol–water partition coefficient (Wildman–Crippen LogP) is 2.42. The van der Waals surface area contributed by atoms with E-state index in [9.17, 15) is 4.79 Å². The second kappa shape index (κ2) is 10.1. The summed E-state index contributed by atoms with van der Waals surface area (Å²) in [6.45, 7) is 7.96. The van der Waals surface area contributed by atoms with E-state index in [0.717, 1.165) is 95.9 Å². The fourth-order valence-electron chi connectivity index (χ4n) is 5.40. The van der Waals surface area contributed by atoms with Gasteiger partial charge in [0, 0.05) is 50.9 Å². The smallest absolute Gasteiger partial charge is 0.231 e. The topological polar surface area (TPSA) is 54.0 Å². The van der Waals surface area contributed by atoms with Crippen LogP contribution in [0.5, 0.6) is 5.75 Å². The van der Waals surface area contributed by atoms with Crippen LogP contribution in [0.25, 0.3) is 0 Å². The highest BCUT2D eigenvalue weighted by molar-refractivity contribution is 5.89. The minimum Gasteiger partial charge on any atom is -0.496 e. The Labute approximate surface area is 180 Å². The molecular weight excluding hydrogens is 378 g/mol. The second-order valence-corrected chi connectivity index (χ2v) is 9.06. The zero-order valence-corrected chi connectivity index (χ0v) is 18.4. The average molecular weight is 416 g/mol. The molecule has 1 aromatic carbocycles. The number of morpholine rings is 1. The van der Waals surface area contributed by atoms with Crippen LogP contribution in [-0.2, 0) is 14.9 Å². The summed E-state index contributed by atoms with van der Waals surface area (Å²) >= 11 is 0. The van der Waals surface area contributed by atoms with Gasteiger partial charge in [-0.2, -0.15) is 0 Å². The number of para-hydroxylation sites is 1. The van der Waals surface area contributed by atoms with Crippen molar-refractivity contribution in [3.05, 3.63) is 29.8 Å². The molecule has 30 heavy (non-hydrogen) atoms. The summed E-state index contributed by atoms with van der Waals surface area (Å²) in [6.07, 6.45) is 6.27. The molecule has 4 rings (SSSR count). The van der Waals surface area contributed by atoms with Crippen LogP contribution in [0.1, 0.15) is 44.1 Å². The van der Waals surface area contributed by atoms with Gasteiger partial charge in [0.1, 0.15) is 5.75 Å². The van der Waals surface area contributed by atoms with Crippen molar-refractivity contribution in [1.29, 1.82) is 0 Å². The zero-order chi connectivity index (χ0) is 20.8. The number of hydrogen-bond acceptors (Lipinski definition) is 5. The number of amides is 1. The lowest BCUT2D eigenvalue weighted by atomic mass is 9.68. The number of likely N-dealkylation sites (tertiary alicyclic amines) is 1. The molecule has 1 unspecified atom stereocenters. The first-order valence-corrected chi connectivity index (χ1v) is 11.7. The number of hydrogen-bond donors (Lipinski definition) is 1. The van der Waals surface area contributed by atoms with Crippen LogP contribution < -0.4 is 10.1 Å². The number of ether oxygens (including phenoxy) is 2. The van der Waals surface area contributed by atoms with Gasteiger partial charge < -0.3 is 14.8 Å². The summed E-state index contributed by atoms with van der Waals surface area (Å²) in [5.74, 6) is 1.04. The third-order valence-electron chi connectivity index (χ3n) is 7.21. The van der Waals surface area contributed by atoms with Crippen molar-refractivity contribution in [2.75, 3.05) is 59.6 Å². The van der Waals surface area contributed by atoms with Gasteiger partial charge in [0.2, 0.25) is 5.91 Å². The van der Waals surface area contributed by atoms with Gasteiger partial charge in [0.15, 0.2) is 0 Å². The molecule has 0 bridgehead atoms. The van der Waals surface area contributed by atoms with Crippen LogP contribution in [-0.4, -0.2) is 81.3 Å². The number of benzene rings is 1. The van der Waals surface area contributed by atoms with Crippen LogP contribution in [0, 0.1) is 0 Å². The van der Waals surface area contributed by atoms with E-state index in [1.54, 1.807) is 7.11 Å². The number of methoxy groups -OCH3 is 1. The van der Waals surface area contributed by atoms with Crippen LogP contribution in [0.4, 0.5) is 0 Å². The van der Waals surface area contributed by atoms with Crippen molar-refractivity contribution in [3.8, 4) is 5.75 Å². The molecule has 2 saturated heterocycles. The van der Waals surface area contributed by atoms with E-state index in [0.29, 0.717) is 0 Å². The molecule has 1 aromatic rings. The summed E-state index contributed by atoms with van der Waals surface area (Å²) < 4.78 is 11.1. The summed E-state index contributed by atoms with van der Waals surface area (Å²) in [5, 5.41) is 3.44. The minimum absolute atomic E-state index is 0.201. The molecule has 0 aromatic heterocycles. The molecule has 1 saturated carbocycles. The van der Waals surface area contributed by atoms with Crippen molar-refractivity contribution in [1.82, 2.24) is 15.1 Å². The molecule has 1 atom stereocenters. The molecule has 6 nitrogen and oxygen atoms in total. The third kappa shape index (κ3) is 4.82. The molecule has 3 fully saturated rings. The quantitative estimate of drug-likeness (QED) is 0.741. The van der Waals surface area contributed by atoms with Crippen molar-refractivity contribution < 1.29 is 14.3 Å². The Balaban J connectivity index is 1.37. The maximum Gasteiger partial charge on any atom is 0.231 e. The maximum absolute atomic E-state index is 13.6. The van der Waals surface area contributed by atoms with E-state index in [2.05, 4.69) is 21.2 Å². The van der Waals surface area contributed by atoms with E-state index >= 15 is 0 Å². The van der Waals surface area contributed by atoms with Gasteiger partial charge in [-0.25, -0.2) is 0 Å². The molecule has 0 spiro atoms. The Bertz CT molecular complexity index is 699. The maximum atomic E-state index is 13.6. The van der Waals surface area contributed by atoms with Gasteiger partial charge in [-0.05, 0) is 25.3 Å². The highest BCUT2D eigenvalue weighted by atomic mass is 16.5. The largest absolute Gasteiger partial charge is 0.496 e. The molecule has 166 valence electrons. The van der Waals surface area contributed by atoms with E-state index in [-0.39, 0.29) is 11.9 Å². The lowest BCUT2D eigenvalue weighted by molar-refractivity contribution is -0.128. The molecule has 6 heteroatoms. The Morgan fingerprint density at radius 3 is 2.60 bits per heavy atom. The monoisotopic (exact) mass is 415 g/mol. The highest BCUT2D eigenvalue weighted by Gasteiger charge is 2.44. The number of nitrogens with one attached hydrogen (secondary N) is 1. The summed E-state index contributed by atoms with van der Waals surface area (Å²) in [6, 6.07) is 8.34. The van der Waals surface area contributed by atoms with Crippen molar-refractivity contribution in [2.45, 2.75) is 50.0 Å². The first-order valence-electron chi connectivity index (χ1n) is 11.7. The van der Waals surface area contributed by atoms with Gasteiger partial charge in [-0.1, -0.05) is 37.5 Å². The van der Waals surface area contributed by atoms with Crippen LogP contribution >= 0.6 is 0 Å². The van der Waals surface area contributed by atoms with Gasteiger partial charge in [0.05, 0.1) is 25.7 Å². The third-order valence-corrected chi connectivity index (χ3v) is 7.21. The number of rotatable bonds is 7. The Kier molecular flexibility index (Phi) is 7.28. The molecule has 3 aliphatic rings. The molecule has 2 aliphatic heterocycles. The van der Waals surface area contributed by atoms with Crippen molar-refractivity contribution in [2.24, 2.45) is 0 Å². The average Bonchev–Trinajstić information content (AvgIpc) is 3.26. The van der Waals surface area contributed by atoms with E-state index < -0.39 is 5.41 Å². The summed E-state index contributed by atoms with van der Waals surface area (Å²) in [4.78, 5) is 18.6. The molecule has 0 radical (unpaired) electrons. The summed E-state index contributed by atoms with van der Waals surface area (Å²) in [7, 11) is 1.70. The molecule has 1 N–H and O–H groups in total. The van der Waals surface area contributed by atoms with E-state index in [1.165, 1.54) is 6.42 Å². The van der Waals surface area contributed by atoms with Crippen LogP contribution in [0.2, 0.25) is 0 Å². The van der Waals surface area contributed by atoms with Crippen molar-refractivity contribution >= 4 is 5.91 Å². The highest BCUT2D eigenvalue weighted by Crippen LogP contribution is 2.43. The van der Waals surface area contributed by atoms with Crippen molar-refractivity contribution in [3.63, 3.8) is 0 Å². The van der Waals surface area contributed by atoms with Crippen LogP contribution in [0.15, 0.2) is 24.3 Å². The fraction of sp³-hybridized carbons (Fsp3) is 0.708. The molecular formula is C24H37N3O3. The van der Waals surface area contributed by atoms with E-state index in [4.69, 9.17) is 9.47 Å². The minimum atomic E-state index is -0.452. The predicted molar refractivity (Wildman–Crippen MR) is 118 cm³/mol. The normalized spacial score (nSPS) is 25.2. The van der Waals surface area contributed by atoms with Gasteiger partial charge in [-0.15, -0.1) is 0 Å². The number of carbonyl (C=O) groups excluding carboxylic acids is 1. The molecule has 2 heterocycles. The summed E-state index contributed by atoms with van der Waals surface area (Å²) in [5.41, 5.74) is 0.610. The lowest BCUT2D eigenvalue weighted by Crippen LogP contribution is -2.50. The molecule has 1 amide bonds. The van der Waals surface area contributed by atoms with Crippen LogP contribution in [0.3, 0.4) is 0 Å². The lowest BCUT2D eigenvalue weighted by Gasteiger charge is -2.38. The molecule has 1 aliphatic carbocycles. The Morgan fingerprint density at radius 1 is 1.10 bits per heavy atom.